The Morgan fingerprint density at radius 1 is 0.600 bits per heavy atom. The smallest absolute Gasteiger partial charge is 0.306 e. The summed E-state index contributed by atoms with van der Waals surface area (Å²) in [6.45, 7) is 11.9. The predicted octanol–water partition coefficient (Wildman–Crippen LogP) is 7.69. The van der Waals surface area contributed by atoms with Crippen LogP contribution in [0, 0.1) is 0 Å². The number of carbonyl (C=O) groups excluding carboxylic acids is 2. The molecule has 0 aromatic carbocycles. The van der Waals surface area contributed by atoms with Crippen molar-refractivity contribution >= 4 is 11.9 Å². The highest BCUT2D eigenvalue weighted by Crippen LogP contribution is 2.17. The first-order valence-electron chi connectivity index (χ1n) is 12.2. The number of unbranched alkanes of at least 4 members (excludes halogenated alkanes) is 8. The molecule has 0 amide bonds. The molecule has 0 aliphatic heterocycles. The number of hydrogen-bond acceptors (Lipinski definition) is 4. The van der Waals surface area contributed by atoms with Crippen LogP contribution in [0.3, 0.4) is 0 Å². The van der Waals surface area contributed by atoms with E-state index in [9.17, 15) is 9.59 Å². The molecular formula is C26H48O4. The molecule has 176 valence electrons. The molecule has 0 aliphatic carbocycles. The maximum atomic E-state index is 11.8. The fourth-order valence-electron chi connectivity index (χ4n) is 2.89. The summed E-state index contributed by atoms with van der Waals surface area (Å²) in [7, 11) is 0. The van der Waals surface area contributed by atoms with Crippen LogP contribution in [-0.4, -0.2) is 23.1 Å². The van der Waals surface area contributed by atoms with Crippen LogP contribution in [0.1, 0.15) is 131 Å². The van der Waals surface area contributed by atoms with Gasteiger partial charge in [-0.2, -0.15) is 0 Å². The third kappa shape index (κ3) is 17.5. The topological polar surface area (TPSA) is 52.6 Å². The quantitative estimate of drug-likeness (QED) is 0.129. The van der Waals surface area contributed by atoms with Crippen LogP contribution in [0.4, 0.5) is 0 Å². The van der Waals surface area contributed by atoms with Gasteiger partial charge in [-0.25, -0.2) is 0 Å². The normalized spacial score (nSPS) is 12.3. The average molecular weight is 425 g/mol. The van der Waals surface area contributed by atoms with E-state index >= 15 is 0 Å². The second kappa shape index (κ2) is 16.4. The minimum absolute atomic E-state index is 0.0587. The molecule has 4 nitrogen and oxygen atoms in total. The zero-order valence-corrected chi connectivity index (χ0v) is 20.7. The highest BCUT2D eigenvalue weighted by Gasteiger charge is 2.20. The molecule has 0 unspecified atom stereocenters. The second-order valence-electron chi connectivity index (χ2n) is 9.55. The Morgan fingerprint density at radius 3 is 1.50 bits per heavy atom. The predicted molar refractivity (Wildman–Crippen MR) is 125 cm³/mol. The summed E-state index contributed by atoms with van der Waals surface area (Å²) >= 11 is 0. The third-order valence-corrected chi connectivity index (χ3v) is 5.67. The van der Waals surface area contributed by atoms with Crippen molar-refractivity contribution < 1.29 is 19.1 Å². The van der Waals surface area contributed by atoms with Gasteiger partial charge in [-0.3, -0.25) is 9.59 Å². The summed E-state index contributed by atoms with van der Waals surface area (Å²) in [5.74, 6) is -0.162. The fourth-order valence-corrected chi connectivity index (χ4v) is 2.89. The summed E-state index contributed by atoms with van der Waals surface area (Å²) in [6, 6.07) is 0. The van der Waals surface area contributed by atoms with Gasteiger partial charge in [0, 0.05) is 12.8 Å². The molecular weight excluding hydrogens is 376 g/mol. The van der Waals surface area contributed by atoms with Gasteiger partial charge in [-0.1, -0.05) is 64.5 Å². The van der Waals surface area contributed by atoms with Crippen molar-refractivity contribution in [3.05, 3.63) is 12.2 Å². The first-order chi connectivity index (χ1) is 14.1. The SMILES string of the molecule is CCC(C)(C)OC(=O)CC/C=C/CCCCCCCCCCC(=O)OC(C)(C)CC. The van der Waals surface area contributed by atoms with Gasteiger partial charge < -0.3 is 9.47 Å². The molecule has 0 radical (unpaired) electrons. The molecule has 4 heteroatoms. The van der Waals surface area contributed by atoms with Gasteiger partial charge in [-0.15, -0.1) is 0 Å². The molecule has 0 rings (SSSR count). The Morgan fingerprint density at radius 2 is 1.00 bits per heavy atom. The number of esters is 2. The molecule has 30 heavy (non-hydrogen) atoms. The Bertz CT molecular complexity index is 491. The van der Waals surface area contributed by atoms with Crippen molar-refractivity contribution in [1.82, 2.24) is 0 Å². The van der Waals surface area contributed by atoms with E-state index in [0.29, 0.717) is 12.8 Å². The number of carbonyl (C=O) groups is 2. The third-order valence-electron chi connectivity index (χ3n) is 5.67. The number of ether oxygens (including phenoxy) is 2. The van der Waals surface area contributed by atoms with Crippen LogP contribution in [0.2, 0.25) is 0 Å². The van der Waals surface area contributed by atoms with E-state index in [4.69, 9.17) is 9.47 Å². The number of hydrogen-bond donors (Lipinski definition) is 0. The van der Waals surface area contributed by atoms with Crippen molar-refractivity contribution in [3.63, 3.8) is 0 Å². The van der Waals surface area contributed by atoms with E-state index in [1.807, 2.05) is 41.5 Å². The van der Waals surface area contributed by atoms with Gasteiger partial charge >= 0.3 is 11.9 Å². The van der Waals surface area contributed by atoms with Gasteiger partial charge in [-0.05, 0) is 66.2 Å². The van der Waals surface area contributed by atoms with Crippen molar-refractivity contribution in [1.29, 1.82) is 0 Å². The molecule has 0 saturated carbocycles. The van der Waals surface area contributed by atoms with Gasteiger partial charge in [0.15, 0.2) is 0 Å². The highest BCUT2D eigenvalue weighted by molar-refractivity contribution is 5.70. The first-order valence-corrected chi connectivity index (χ1v) is 12.2. The molecule has 0 aromatic rings. The second-order valence-corrected chi connectivity index (χ2v) is 9.55. The van der Waals surface area contributed by atoms with Gasteiger partial charge in [0.1, 0.15) is 11.2 Å². The molecule has 0 aromatic heterocycles. The summed E-state index contributed by atoms with van der Waals surface area (Å²) in [5.41, 5.74) is -0.678. The minimum atomic E-state index is -0.349. The zero-order valence-electron chi connectivity index (χ0n) is 20.7. The standard InChI is InChI=1S/C26H48O4/c1-7-25(3,4)29-23(27)21-19-17-15-13-11-9-10-12-14-16-18-20-22-24(28)30-26(5,6)8-2/h15,17H,7-14,16,18-22H2,1-6H3/b17-15+. The maximum Gasteiger partial charge on any atom is 0.306 e. The molecule has 0 fully saturated rings. The molecule has 0 N–H and O–H groups in total. The molecule has 0 bridgehead atoms. The van der Waals surface area contributed by atoms with Crippen LogP contribution >= 0.6 is 0 Å². The molecule has 0 atom stereocenters. The Balaban J connectivity index is 3.45. The lowest BCUT2D eigenvalue weighted by molar-refractivity contribution is -0.157. The number of rotatable bonds is 18. The Kier molecular flexibility index (Phi) is 15.7. The van der Waals surface area contributed by atoms with Crippen molar-refractivity contribution in [2.75, 3.05) is 0 Å². The summed E-state index contributed by atoms with van der Waals surface area (Å²) < 4.78 is 10.9. The monoisotopic (exact) mass is 424 g/mol. The summed E-state index contributed by atoms with van der Waals surface area (Å²) in [5, 5.41) is 0. The van der Waals surface area contributed by atoms with E-state index in [0.717, 1.165) is 38.5 Å². The maximum absolute atomic E-state index is 11.8. The van der Waals surface area contributed by atoms with Crippen molar-refractivity contribution in [2.45, 2.75) is 143 Å². The van der Waals surface area contributed by atoms with Crippen molar-refractivity contribution in [3.8, 4) is 0 Å². The number of allylic oxidation sites excluding steroid dienone is 2. The fraction of sp³-hybridized carbons (Fsp3) is 0.846. The van der Waals surface area contributed by atoms with Crippen LogP contribution in [0.15, 0.2) is 12.2 Å². The average Bonchev–Trinajstić information content (AvgIpc) is 2.67. The summed E-state index contributed by atoms with van der Waals surface area (Å²) in [4.78, 5) is 23.5. The van der Waals surface area contributed by atoms with Crippen LogP contribution in [-0.2, 0) is 19.1 Å². The lowest BCUT2D eigenvalue weighted by Crippen LogP contribution is -2.26. The van der Waals surface area contributed by atoms with Crippen LogP contribution in [0.5, 0.6) is 0 Å². The van der Waals surface area contributed by atoms with E-state index in [1.54, 1.807) is 0 Å². The van der Waals surface area contributed by atoms with E-state index in [-0.39, 0.29) is 23.1 Å². The Labute approximate surface area is 186 Å². The minimum Gasteiger partial charge on any atom is -0.460 e. The molecule has 0 spiro atoms. The lowest BCUT2D eigenvalue weighted by atomic mass is 10.1. The van der Waals surface area contributed by atoms with E-state index < -0.39 is 0 Å². The van der Waals surface area contributed by atoms with Gasteiger partial charge in [0.05, 0.1) is 0 Å². The van der Waals surface area contributed by atoms with E-state index in [1.165, 1.54) is 38.5 Å². The largest absolute Gasteiger partial charge is 0.460 e. The molecule has 0 saturated heterocycles. The zero-order chi connectivity index (χ0) is 22.9. The van der Waals surface area contributed by atoms with E-state index in [2.05, 4.69) is 12.2 Å². The highest BCUT2D eigenvalue weighted by atomic mass is 16.6. The lowest BCUT2D eigenvalue weighted by Gasteiger charge is -2.23. The van der Waals surface area contributed by atoms with Gasteiger partial charge in [0.2, 0.25) is 0 Å². The Hall–Kier alpha value is -1.32. The van der Waals surface area contributed by atoms with Crippen LogP contribution in [0.25, 0.3) is 0 Å². The summed E-state index contributed by atoms with van der Waals surface area (Å²) in [6.07, 6.45) is 18.4. The first kappa shape index (κ1) is 28.7. The van der Waals surface area contributed by atoms with Crippen molar-refractivity contribution in [2.24, 2.45) is 0 Å². The molecule has 0 heterocycles. The molecule has 0 aliphatic rings. The van der Waals surface area contributed by atoms with Crippen LogP contribution < -0.4 is 0 Å². The van der Waals surface area contributed by atoms with Gasteiger partial charge in [0.25, 0.3) is 0 Å².